The van der Waals surface area contributed by atoms with Crippen LogP contribution in [0.25, 0.3) is 44.6 Å². The van der Waals surface area contributed by atoms with Crippen molar-refractivity contribution in [3.63, 3.8) is 0 Å². The molecule has 0 aliphatic heterocycles. The Morgan fingerprint density at radius 1 is 0.875 bits per heavy atom. The molecule has 6 aromatic rings. The molecule has 0 saturated carbocycles. The molecule has 0 unspecified atom stereocenters. The second kappa shape index (κ2) is 10.3. The van der Waals surface area contributed by atoms with Gasteiger partial charge in [-0.05, 0) is 66.4 Å². The average molecular weight is 531 g/mol. The Bertz CT molecular complexity index is 1870. The van der Waals surface area contributed by atoms with E-state index in [1.165, 1.54) is 5.56 Å². The van der Waals surface area contributed by atoms with Crippen LogP contribution in [0.5, 0.6) is 5.75 Å². The highest BCUT2D eigenvalue weighted by atomic mass is 16.7. The number of para-hydroxylation sites is 1. The zero-order valence-corrected chi connectivity index (χ0v) is 22.8. The topological polar surface area (TPSA) is 82.2 Å². The molecule has 2 heterocycles. The zero-order chi connectivity index (χ0) is 27.8. The third-order valence-corrected chi connectivity index (χ3v) is 7.29. The number of rotatable bonds is 7. The molecule has 0 amide bonds. The third-order valence-electron chi connectivity index (χ3n) is 7.29. The molecule has 0 bridgehead atoms. The van der Waals surface area contributed by atoms with E-state index in [0.29, 0.717) is 12.3 Å². The van der Waals surface area contributed by atoms with Crippen molar-refractivity contribution in [2.75, 3.05) is 0 Å². The Hall–Kier alpha value is -4.91. The normalized spacial score (nSPS) is 11.4. The van der Waals surface area contributed by atoms with E-state index in [1.807, 2.05) is 24.3 Å². The molecule has 0 radical (unpaired) electrons. The largest absolute Gasteiger partial charge is 0.511 e. The maximum absolute atomic E-state index is 11.1. The van der Waals surface area contributed by atoms with Gasteiger partial charge in [-0.25, -0.2) is 14.8 Å². The summed E-state index contributed by atoms with van der Waals surface area (Å²) in [6.07, 6.45) is 0.556. The molecule has 0 fully saturated rings. The molecule has 0 aliphatic rings. The first kappa shape index (κ1) is 25.4. The van der Waals surface area contributed by atoms with Crippen molar-refractivity contribution in [2.45, 2.75) is 33.2 Å². The lowest BCUT2D eigenvalue weighted by Gasteiger charge is -2.12. The fourth-order valence-electron chi connectivity index (χ4n) is 5.32. The number of hydrogen-bond acceptors (Lipinski definition) is 4. The average Bonchev–Trinajstić information content (AvgIpc) is 3.45. The van der Waals surface area contributed by atoms with Gasteiger partial charge in [0.2, 0.25) is 0 Å². The van der Waals surface area contributed by atoms with E-state index in [-0.39, 0.29) is 0 Å². The lowest BCUT2D eigenvalue weighted by atomic mass is 10.0. The van der Waals surface area contributed by atoms with Crippen LogP contribution in [-0.2, 0) is 20.0 Å². The third kappa shape index (κ3) is 4.71. The number of hydrogen-bond donors (Lipinski definition) is 1. The van der Waals surface area contributed by atoms with Crippen molar-refractivity contribution in [3.8, 4) is 28.3 Å². The van der Waals surface area contributed by atoms with Crippen molar-refractivity contribution in [2.24, 2.45) is 7.05 Å². The number of imidazole rings is 2. The van der Waals surface area contributed by atoms with E-state index in [2.05, 4.69) is 78.6 Å². The first-order valence-electron chi connectivity index (χ1n) is 13.4. The predicted octanol–water partition coefficient (Wildman–Crippen LogP) is 7.62. The first-order valence-corrected chi connectivity index (χ1v) is 13.4. The highest BCUT2D eigenvalue weighted by Gasteiger charge is 2.16. The van der Waals surface area contributed by atoms with Crippen LogP contribution in [0.15, 0.2) is 84.9 Å². The molecule has 0 saturated heterocycles. The van der Waals surface area contributed by atoms with Crippen LogP contribution < -0.4 is 4.74 Å². The minimum Gasteiger partial charge on any atom is -0.449 e. The summed E-state index contributed by atoms with van der Waals surface area (Å²) in [5, 5.41) is 9.10. The highest BCUT2D eigenvalue weighted by Crippen LogP contribution is 2.31. The van der Waals surface area contributed by atoms with Crippen molar-refractivity contribution >= 4 is 28.2 Å². The molecule has 6 rings (SSSR count). The van der Waals surface area contributed by atoms with E-state index >= 15 is 0 Å². The van der Waals surface area contributed by atoms with Crippen molar-refractivity contribution in [1.82, 2.24) is 19.1 Å². The van der Waals surface area contributed by atoms with Gasteiger partial charge in [-0.1, -0.05) is 55.5 Å². The summed E-state index contributed by atoms with van der Waals surface area (Å²) < 4.78 is 9.44. The van der Waals surface area contributed by atoms with Crippen LogP contribution in [0.3, 0.4) is 0 Å². The number of benzene rings is 4. The fourth-order valence-corrected chi connectivity index (χ4v) is 5.32. The molecule has 0 aliphatic carbocycles. The quantitative estimate of drug-likeness (QED) is 0.170. The van der Waals surface area contributed by atoms with Crippen molar-refractivity contribution in [1.29, 1.82) is 0 Å². The summed E-state index contributed by atoms with van der Waals surface area (Å²) >= 11 is 0. The highest BCUT2D eigenvalue weighted by molar-refractivity contribution is 5.85. The molecule has 4 aromatic carbocycles. The van der Waals surface area contributed by atoms with E-state index in [9.17, 15) is 4.79 Å². The maximum atomic E-state index is 11.1. The Kier molecular flexibility index (Phi) is 6.56. The van der Waals surface area contributed by atoms with Crippen LogP contribution in [0.4, 0.5) is 4.79 Å². The summed E-state index contributed by atoms with van der Waals surface area (Å²) in [5.74, 6) is 2.30. The van der Waals surface area contributed by atoms with Crippen LogP contribution in [0.1, 0.15) is 30.3 Å². The number of fused-ring (bicyclic) bond motifs is 2. The van der Waals surface area contributed by atoms with E-state index in [1.54, 1.807) is 12.1 Å². The number of carbonyl (C=O) groups is 1. The number of carboxylic acid groups (broad SMARTS) is 1. The van der Waals surface area contributed by atoms with Gasteiger partial charge in [0, 0.05) is 31.1 Å². The Morgan fingerprint density at radius 2 is 1.60 bits per heavy atom. The van der Waals surface area contributed by atoms with Gasteiger partial charge in [-0.3, -0.25) is 0 Å². The van der Waals surface area contributed by atoms with Crippen molar-refractivity contribution in [3.05, 3.63) is 102 Å². The minimum atomic E-state index is -1.33. The molecular weight excluding hydrogens is 500 g/mol. The maximum Gasteiger partial charge on any atom is 0.511 e. The van der Waals surface area contributed by atoms with Gasteiger partial charge in [0.15, 0.2) is 0 Å². The standard InChI is InChI=1S/C33H30N4O3/c1-4-7-31-34-27-17-15-24(32-35-26-16-10-21(2)18-28(26)36(32)3)19-29(27)37(31)20-22-11-13-23(14-12-22)25-8-5-6-9-30(25)40-33(38)39/h5-6,8-19H,4,7,20H2,1-3H3,(H,38,39). The predicted molar refractivity (Wildman–Crippen MR) is 158 cm³/mol. The zero-order valence-electron chi connectivity index (χ0n) is 22.8. The van der Waals surface area contributed by atoms with Gasteiger partial charge >= 0.3 is 6.16 Å². The van der Waals surface area contributed by atoms with Gasteiger partial charge in [0.25, 0.3) is 0 Å². The lowest BCUT2D eigenvalue weighted by molar-refractivity contribution is 0.144. The first-order chi connectivity index (χ1) is 19.4. The molecular formula is C33H30N4O3. The SMILES string of the molecule is CCCc1nc2ccc(-c3nc4ccc(C)cc4n3C)cc2n1Cc1ccc(-c2ccccc2OC(=O)O)cc1. The molecule has 200 valence electrons. The van der Waals surface area contributed by atoms with Crippen LogP contribution in [-0.4, -0.2) is 30.4 Å². The summed E-state index contributed by atoms with van der Waals surface area (Å²) in [6, 6.07) is 28.1. The molecule has 0 atom stereocenters. The summed E-state index contributed by atoms with van der Waals surface area (Å²) in [4.78, 5) is 21.0. The van der Waals surface area contributed by atoms with E-state index in [4.69, 9.17) is 19.8 Å². The number of ether oxygens (including phenoxy) is 1. The van der Waals surface area contributed by atoms with Gasteiger partial charge in [-0.15, -0.1) is 0 Å². The van der Waals surface area contributed by atoms with Crippen LogP contribution >= 0.6 is 0 Å². The van der Waals surface area contributed by atoms with E-state index < -0.39 is 6.16 Å². The lowest BCUT2D eigenvalue weighted by Crippen LogP contribution is -2.05. The molecule has 7 nitrogen and oxygen atoms in total. The van der Waals surface area contributed by atoms with Gasteiger partial charge in [0.05, 0.1) is 22.1 Å². The van der Waals surface area contributed by atoms with Crippen molar-refractivity contribution < 1.29 is 14.6 Å². The second-order valence-electron chi connectivity index (χ2n) is 10.1. The van der Waals surface area contributed by atoms with Gasteiger partial charge in [0.1, 0.15) is 17.4 Å². The summed E-state index contributed by atoms with van der Waals surface area (Å²) in [5.41, 5.74) is 9.17. The molecule has 40 heavy (non-hydrogen) atoms. The minimum absolute atomic E-state index is 0.318. The van der Waals surface area contributed by atoms with Gasteiger partial charge in [-0.2, -0.15) is 0 Å². The summed E-state index contributed by atoms with van der Waals surface area (Å²) in [7, 11) is 2.06. The van der Waals surface area contributed by atoms with E-state index in [0.717, 1.165) is 68.8 Å². The number of aromatic nitrogens is 4. The number of aryl methyl sites for hydroxylation is 3. The Labute approximate surface area is 232 Å². The fraction of sp³-hybridized carbons (Fsp3) is 0.182. The molecule has 1 N–H and O–H groups in total. The molecule has 2 aromatic heterocycles. The summed E-state index contributed by atoms with van der Waals surface area (Å²) in [6.45, 7) is 4.94. The Balaban J connectivity index is 1.37. The van der Waals surface area contributed by atoms with Gasteiger partial charge < -0.3 is 19.0 Å². The molecule has 0 spiro atoms. The molecule has 7 heteroatoms. The van der Waals surface area contributed by atoms with Crippen LogP contribution in [0, 0.1) is 6.92 Å². The monoisotopic (exact) mass is 530 g/mol. The smallest absolute Gasteiger partial charge is 0.449 e. The Morgan fingerprint density at radius 3 is 2.38 bits per heavy atom. The second-order valence-corrected chi connectivity index (χ2v) is 10.1. The van der Waals surface area contributed by atoms with Crippen LogP contribution in [0.2, 0.25) is 0 Å². The number of nitrogens with zero attached hydrogens (tertiary/aromatic N) is 4.